The van der Waals surface area contributed by atoms with Crippen LogP contribution in [0.2, 0.25) is 0 Å². The first-order chi connectivity index (χ1) is 12.6. The highest BCUT2D eigenvalue weighted by Gasteiger charge is 2.28. The highest BCUT2D eigenvalue weighted by molar-refractivity contribution is 6.07. The summed E-state index contributed by atoms with van der Waals surface area (Å²) in [5.74, 6) is 0.136. The smallest absolute Gasteiger partial charge is 0.254 e. The van der Waals surface area contributed by atoms with Gasteiger partial charge in [-0.15, -0.1) is 0 Å². The van der Waals surface area contributed by atoms with Gasteiger partial charge >= 0.3 is 0 Å². The average molecular weight is 344 g/mol. The molecule has 0 bridgehead atoms. The van der Waals surface area contributed by atoms with E-state index in [-0.39, 0.29) is 5.91 Å². The fourth-order valence-electron chi connectivity index (χ4n) is 3.84. The van der Waals surface area contributed by atoms with Crippen molar-refractivity contribution in [3.05, 3.63) is 77.9 Å². The summed E-state index contributed by atoms with van der Waals surface area (Å²) in [6.07, 6.45) is 0. The van der Waals surface area contributed by atoms with Crippen LogP contribution in [-0.2, 0) is 0 Å². The van der Waals surface area contributed by atoms with Gasteiger partial charge in [0, 0.05) is 36.9 Å². The SMILES string of the molecule is Cc1ccc(N2CCN(C(=O)c3cccc4ccccc34)CC2C)cc1. The number of aryl methyl sites for hydroxylation is 1. The van der Waals surface area contributed by atoms with Gasteiger partial charge in [-0.05, 0) is 42.8 Å². The number of nitrogens with zero attached hydrogens (tertiary/aromatic N) is 2. The summed E-state index contributed by atoms with van der Waals surface area (Å²) in [7, 11) is 0. The minimum atomic E-state index is 0.136. The molecule has 3 heteroatoms. The molecule has 132 valence electrons. The molecule has 3 nitrogen and oxygen atoms in total. The zero-order valence-corrected chi connectivity index (χ0v) is 15.4. The van der Waals surface area contributed by atoms with Crippen LogP contribution in [0, 0.1) is 6.92 Å². The van der Waals surface area contributed by atoms with E-state index >= 15 is 0 Å². The van der Waals surface area contributed by atoms with Crippen LogP contribution in [0.5, 0.6) is 0 Å². The molecule has 1 atom stereocenters. The molecule has 26 heavy (non-hydrogen) atoms. The van der Waals surface area contributed by atoms with Gasteiger partial charge in [-0.2, -0.15) is 0 Å². The fraction of sp³-hybridized carbons (Fsp3) is 0.261. The van der Waals surface area contributed by atoms with Crippen molar-refractivity contribution in [3.8, 4) is 0 Å². The second kappa shape index (κ2) is 6.83. The van der Waals surface area contributed by atoms with Crippen LogP contribution in [0.15, 0.2) is 66.7 Å². The van der Waals surface area contributed by atoms with Crippen LogP contribution in [-0.4, -0.2) is 36.5 Å². The Kier molecular flexibility index (Phi) is 4.37. The standard InChI is InChI=1S/C23H24N2O/c1-17-10-12-20(13-11-17)25-15-14-24(16-18(25)2)23(26)22-9-5-7-19-6-3-4-8-21(19)22/h3-13,18H,14-16H2,1-2H3. The number of anilines is 1. The summed E-state index contributed by atoms with van der Waals surface area (Å²) in [5, 5.41) is 2.15. The minimum Gasteiger partial charge on any atom is -0.365 e. The molecule has 1 amide bonds. The Morgan fingerprint density at radius 1 is 0.923 bits per heavy atom. The van der Waals surface area contributed by atoms with E-state index in [0.717, 1.165) is 36.0 Å². The molecule has 1 aliphatic rings. The number of benzene rings is 3. The van der Waals surface area contributed by atoms with E-state index in [0.29, 0.717) is 6.04 Å². The molecule has 3 aromatic rings. The van der Waals surface area contributed by atoms with Gasteiger partial charge < -0.3 is 9.80 Å². The fourth-order valence-corrected chi connectivity index (χ4v) is 3.84. The first kappa shape index (κ1) is 16.6. The molecule has 0 saturated carbocycles. The largest absolute Gasteiger partial charge is 0.365 e. The van der Waals surface area contributed by atoms with E-state index < -0.39 is 0 Å². The molecule has 3 aromatic carbocycles. The third-order valence-corrected chi connectivity index (χ3v) is 5.30. The lowest BCUT2D eigenvalue weighted by Gasteiger charge is -2.41. The van der Waals surface area contributed by atoms with Gasteiger partial charge in [0.15, 0.2) is 0 Å². The van der Waals surface area contributed by atoms with Crippen LogP contribution in [0.1, 0.15) is 22.8 Å². The van der Waals surface area contributed by atoms with E-state index in [1.54, 1.807) is 0 Å². The molecule has 1 heterocycles. The first-order valence-electron chi connectivity index (χ1n) is 9.24. The van der Waals surface area contributed by atoms with Gasteiger partial charge in [-0.1, -0.05) is 54.1 Å². The van der Waals surface area contributed by atoms with Gasteiger partial charge in [0.1, 0.15) is 0 Å². The molecule has 1 saturated heterocycles. The summed E-state index contributed by atoms with van der Waals surface area (Å²) in [4.78, 5) is 17.5. The summed E-state index contributed by atoms with van der Waals surface area (Å²) in [6.45, 7) is 6.66. The molecule has 0 aromatic heterocycles. The maximum absolute atomic E-state index is 13.2. The second-order valence-corrected chi connectivity index (χ2v) is 7.16. The van der Waals surface area contributed by atoms with Crippen molar-refractivity contribution in [2.24, 2.45) is 0 Å². The summed E-state index contributed by atoms with van der Waals surface area (Å²) < 4.78 is 0. The van der Waals surface area contributed by atoms with Gasteiger partial charge in [0.2, 0.25) is 0 Å². The Labute approximate surface area is 154 Å². The van der Waals surface area contributed by atoms with Crippen LogP contribution in [0.4, 0.5) is 5.69 Å². The zero-order valence-electron chi connectivity index (χ0n) is 15.4. The van der Waals surface area contributed by atoms with Crippen molar-refractivity contribution in [1.82, 2.24) is 4.90 Å². The Balaban J connectivity index is 1.55. The minimum absolute atomic E-state index is 0.136. The summed E-state index contributed by atoms with van der Waals surface area (Å²) in [6, 6.07) is 23.0. The predicted octanol–water partition coefficient (Wildman–Crippen LogP) is 4.50. The average Bonchev–Trinajstić information content (AvgIpc) is 2.68. The van der Waals surface area contributed by atoms with Crippen LogP contribution >= 0.6 is 0 Å². The Hall–Kier alpha value is -2.81. The highest BCUT2D eigenvalue weighted by Crippen LogP contribution is 2.24. The van der Waals surface area contributed by atoms with Gasteiger partial charge in [-0.25, -0.2) is 0 Å². The Morgan fingerprint density at radius 2 is 1.65 bits per heavy atom. The number of fused-ring (bicyclic) bond motifs is 1. The molecular formula is C23H24N2O. The lowest BCUT2D eigenvalue weighted by Crippen LogP contribution is -2.53. The van der Waals surface area contributed by atoms with E-state index in [1.807, 2.05) is 35.2 Å². The van der Waals surface area contributed by atoms with Crippen LogP contribution < -0.4 is 4.90 Å². The van der Waals surface area contributed by atoms with Crippen molar-refractivity contribution in [2.75, 3.05) is 24.5 Å². The van der Waals surface area contributed by atoms with E-state index in [4.69, 9.17) is 0 Å². The molecular weight excluding hydrogens is 320 g/mol. The number of carbonyl (C=O) groups excluding carboxylic acids is 1. The van der Waals surface area contributed by atoms with Crippen molar-refractivity contribution < 1.29 is 4.79 Å². The Morgan fingerprint density at radius 3 is 2.42 bits per heavy atom. The number of amides is 1. The van der Waals surface area contributed by atoms with Crippen molar-refractivity contribution in [1.29, 1.82) is 0 Å². The Bertz CT molecular complexity index is 927. The molecule has 1 fully saturated rings. The number of piperazine rings is 1. The number of hydrogen-bond donors (Lipinski definition) is 0. The van der Waals surface area contributed by atoms with Gasteiger partial charge in [0.05, 0.1) is 0 Å². The van der Waals surface area contributed by atoms with E-state index in [9.17, 15) is 4.79 Å². The van der Waals surface area contributed by atoms with Crippen molar-refractivity contribution in [2.45, 2.75) is 19.9 Å². The van der Waals surface area contributed by atoms with Crippen LogP contribution in [0.3, 0.4) is 0 Å². The molecule has 1 aliphatic heterocycles. The topological polar surface area (TPSA) is 23.6 Å². The lowest BCUT2D eigenvalue weighted by atomic mass is 10.0. The predicted molar refractivity (Wildman–Crippen MR) is 108 cm³/mol. The molecule has 1 unspecified atom stereocenters. The normalized spacial score (nSPS) is 17.5. The number of carbonyl (C=O) groups is 1. The highest BCUT2D eigenvalue weighted by atomic mass is 16.2. The summed E-state index contributed by atoms with van der Waals surface area (Å²) in [5.41, 5.74) is 3.31. The quantitative estimate of drug-likeness (QED) is 0.683. The number of hydrogen-bond acceptors (Lipinski definition) is 2. The lowest BCUT2D eigenvalue weighted by molar-refractivity contribution is 0.0728. The van der Waals surface area contributed by atoms with Crippen LogP contribution in [0.25, 0.3) is 10.8 Å². The third-order valence-electron chi connectivity index (χ3n) is 5.30. The first-order valence-corrected chi connectivity index (χ1v) is 9.24. The third kappa shape index (κ3) is 3.05. The maximum atomic E-state index is 13.2. The second-order valence-electron chi connectivity index (χ2n) is 7.16. The molecule has 0 N–H and O–H groups in total. The summed E-state index contributed by atoms with van der Waals surface area (Å²) >= 11 is 0. The van der Waals surface area contributed by atoms with Crippen molar-refractivity contribution in [3.63, 3.8) is 0 Å². The monoisotopic (exact) mass is 344 g/mol. The van der Waals surface area contributed by atoms with Gasteiger partial charge in [-0.3, -0.25) is 4.79 Å². The molecule has 0 aliphatic carbocycles. The van der Waals surface area contributed by atoms with E-state index in [2.05, 4.69) is 55.1 Å². The van der Waals surface area contributed by atoms with E-state index in [1.165, 1.54) is 11.3 Å². The molecule has 4 rings (SSSR count). The van der Waals surface area contributed by atoms with Gasteiger partial charge in [0.25, 0.3) is 5.91 Å². The molecule has 0 spiro atoms. The molecule has 0 radical (unpaired) electrons. The zero-order chi connectivity index (χ0) is 18.1. The number of rotatable bonds is 2. The van der Waals surface area contributed by atoms with Crippen molar-refractivity contribution >= 4 is 22.4 Å². The maximum Gasteiger partial charge on any atom is 0.254 e.